The van der Waals surface area contributed by atoms with Crippen LogP contribution in [-0.2, 0) is 0 Å². The highest BCUT2D eigenvalue weighted by Crippen LogP contribution is 2.17. The van der Waals surface area contributed by atoms with Crippen LogP contribution in [0.3, 0.4) is 0 Å². The van der Waals surface area contributed by atoms with Crippen LogP contribution in [-0.4, -0.2) is 23.0 Å². The van der Waals surface area contributed by atoms with Crippen molar-refractivity contribution >= 4 is 30.7 Å². The van der Waals surface area contributed by atoms with E-state index in [0.29, 0.717) is 11.6 Å². The number of nitrogens with one attached hydrogen (secondary N) is 1. The topological polar surface area (TPSA) is 68.0 Å². The molecule has 0 atom stereocenters. The zero-order chi connectivity index (χ0) is 11.4. The van der Waals surface area contributed by atoms with Crippen LogP contribution < -0.4 is 11.1 Å². The lowest BCUT2D eigenvalue weighted by molar-refractivity contribution is 0.0925. The van der Waals surface area contributed by atoms with E-state index in [2.05, 4.69) is 10.3 Å². The van der Waals surface area contributed by atoms with E-state index in [1.54, 1.807) is 24.5 Å². The number of pyridine rings is 1. The molecular formula is C12H19Cl2N3O. The van der Waals surface area contributed by atoms with Crippen molar-refractivity contribution in [2.24, 2.45) is 5.73 Å². The van der Waals surface area contributed by atoms with Crippen LogP contribution >= 0.6 is 24.8 Å². The molecule has 0 unspecified atom stereocenters. The summed E-state index contributed by atoms with van der Waals surface area (Å²) in [7, 11) is 0. The van der Waals surface area contributed by atoms with Crippen molar-refractivity contribution < 1.29 is 4.79 Å². The summed E-state index contributed by atoms with van der Waals surface area (Å²) in [5.41, 5.74) is 6.44. The Hall–Kier alpha value is -0.840. The van der Waals surface area contributed by atoms with Crippen molar-refractivity contribution in [2.45, 2.75) is 37.8 Å². The Labute approximate surface area is 120 Å². The summed E-state index contributed by atoms with van der Waals surface area (Å²) < 4.78 is 0. The predicted molar refractivity (Wildman–Crippen MR) is 76.4 cm³/mol. The number of halogens is 2. The number of carbonyl (C=O) groups is 1. The molecule has 1 heterocycles. The molecule has 0 spiro atoms. The fourth-order valence-corrected chi connectivity index (χ4v) is 2.03. The minimum atomic E-state index is -0.0337. The molecular weight excluding hydrogens is 273 g/mol. The predicted octanol–water partition coefficient (Wildman–Crippen LogP) is 1.92. The minimum absolute atomic E-state index is 0. The first kappa shape index (κ1) is 17.2. The van der Waals surface area contributed by atoms with Crippen molar-refractivity contribution in [2.75, 3.05) is 0 Å². The summed E-state index contributed by atoms with van der Waals surface area (Å²) in [5.74, 6) is -0.0337. The van der Waals surface area contributed by atoms with Gasteiger partial charge >= 0.3 is 0 Å². The summed E-state index contributed by atoms with van der Waals surface area (Å²) >= 11 is 0. The van der Waals surface area contributed by atoms with Gasteiger partial charge in [0.2, 0.25) is 0 Å². The number of nitrogens with two attached hydrogens (primary N) is 1. The normalized spacial score (nSPS) is 22.3. The number of nitrogens with zero attached hydrogens (tertiary/aromatic N) is 1. The quantitative estimate of drug-likeness (QED) is 0.875. The standard InChI is InChI=1S/C12H17N3O.2ClH/c13-10-3-5-11(6-4-10)15-12(16)9-2-1-7-14-8-9;;/h1-2,7-8,10-11H,3-6,13H2,(H,15,16);2*1H/t10-,11-;;. The van der Waals surface area contributed by atoms with E-state index in [4.69, 9.17) is 5.73 Å². The number of carbonyl (C=O) groups excluding carboxylic acids is 1. The van der Waals surface area contributed by atoms with Crippen molar-refractivity contribution in [1.29, 1.82) is 0 Å². The van der Waals surface area contributed by atoms with Gasteiger partial charge in [-0.25, -0.2) is 0 Å². The Bertz CT molecular complexity index is 354. The summed E-state index contributed by atoms with van der Waals surface area (Å²) in [6.45, 7) is 0. The van der Waals surface area contributed by atoms with E-state index in [1.807, 2.05) is 0 Å². The van der Waals surface area contributed by atoms with Crippen molar-refractivity contribution in [3.8, 4) is 0 Å². The third-order valence-corrected chi connectivity index (χ3v) is 3.03. The van der Waals surface area contributed by atoms with Gasteiger partial charge < -0.3 is 11.1 Å². The molecule has 6 heteroatoms. The summed E-state index contributed by atoms with van der Waals surface area (Å²) in [4.78, 5) is 15.7. The zero-order valence-corrected chi connectivity index (χ0v) is 11.7. The first-order valence-corrected chi connectivity index (χ1v) is 5.72. The second-order valence-electron chi connectivity index (χ2n) is 4.33. The third-order valence-electron chi connectivity index (χ3n) is 3.03. The average Bonchev–Trinajstić information content (AvgIpc) is 2.33. The second-order valence-corrected chi connectivity index (χ2v) is 4.33. The molecule has 4 nitrogen and oxygen atoms in total. The van der Waals surface area contributed by atoms with E-state index in [-0.39, 0.29) is 36.8 Å². The highest BCUT2D eigenvalue weighted by Gasteiger charge is 2.20. The minimum Gasteiger partial charge on any atom is -0.349 e. The summed E-state index contributed by atoms with van der Waals surface area (Å²) in [6.07, 6.45) is 7.20. The maximum atomic E-state index is 11.8. The monoisotopic (exact) mass is 291 g/mol. The van der Waals surface area contributed by atoms with Crippen molar-refractivity contribution in [1.82, 2.24) is 10.3 Å². The molecule has 2 rings (SSSR count). The molecule has 1 fully saturated rings. The number of amides is 1. The number of rotatable bonds is 2. The maximum absolute atomic E-state index is 11.8. The molecule has 0 aliphatic heterocycles. The fraction of sp³-hybridized carbons (Fsp3) is 0.500. The first-order valence-electron chi connectivity index (χ1n) is 5.72. The molecule has 102 valence electrons. The van der Waals surface area contributed by atoms with E-state index in [9.17, 15) is 4.79 Å². The van der Waals surface area contributed by atoms with Crippen LogP contribution in [0.15, 0.2) is 24.5 Å². The van der Waals surface area contributed by atoms with Gasteiger partial charge in [0.25, 0.3) is 5.91 Å². The van der Waals surface area contributed by atoms with Gasteiger partial charge in [-0.2, -0.15) is 0 Å². The molecule has 1 aromatic heterocycles. The van der Waals surface area contributed by atoms with Gasteiger partial charge in [0, 0.05) is 24.5 Å². The molecule has 0 saturated heterocycles. The fourth-order valence-electron chi connectivity index (χ4n) is 2.03. The Balaban J connectivity index is 0.00000144. The van der Waals surface area contributed by atoms with Gasteiger partial charge in [-0.3, -0.25) is 9.78 Å². The van der Waals surface area contributed by atoms with Crippen molar-refractivity contribution in [3.05, 3.63) is 30.1 Å². The number of aromatic nitrogens is 1. The average molecular weight is 292 g/mol. The Morgan fingerprint density at radius 2 is 1.94 bits per heavy atom. The largest absolute Gasteiger partial charge is 0.349 e. The molecule has 1 aromatic rings. The SMILES string of the molecule is Cl.Cl.N[C@H]1CC[C@H](NC(=O)c2cccnc2)CC1. The molecule has 1 aliphatic rings. The molecule has 0 aromatic carbocycles. The van der Waals surface area contributed by atoms with Gasteiger partial charge in [-0.1, -0.05) is 0 Å². The molecule has 1 aliphatic carbocycles. The van der Waals surface area contributed by atoms with Gasteiger partial charge in [-0.05, 0) is 37.8 Å². The lowest BCUT2D eigenvalue weighted by Crippen LogP contribution is -2.40. The Kier molecular flexibility index (Phi) is 7.91. The zero-order valence-electron chi connectivity index (χ0n) is 10.0. The van der Waals surface area contributed by atoms with Crippen LogP contribution in [0.5, 0.6) is 0 Å². The summed E-state index contributed by atoms with van der Waals surface area (Å²) in [6, 6.07) is 4.13. The molecule has 0 radical (unpaired) electrons. The lowest BCUT2D eigenvalue weighted by atomic mass is 9.92. The van der Waals surface area contributed by atoms with Gasteiger partial charge in [0.05, 0.1) is 5.56 Å². The number of hydrogen-bond donors (Lipinski definition) is 2. The van der Waals surface area contributed by atoms with Gasteiger partial charge in [0.15, 0.2) is 0 Å². The van der Waals surface area contributed by atoms with E-state index in [1.165, 1.54) is 0 Å². The maximum Gasteiger partial charge on any atom is 0.253 e. The van der Waals surface area contributed by atoms with Crippen molar-refractivity contribution in [3.63, 3.8) is 0 Å². The lowest BCUT2D eigenvalue weighted by Gasteiger charge is -2.26. The number of hydrogen-bond acceptors (Lipinski definition) is 3. The summed E-state index contributed by atoms with van der Waals surface area (Å²) in [5, 5.41) is 3.02. The van der Waals surface area contributed by atoms with Crippen LogP contribution in [0, 0.1) is 0 Å². The van der Waals surface area contributed by atoms with E-state index >= 15 is 0 Å². The van der Waals surface area contributed by atoms with Gasteiger partial charge in [-0.15, -0.1) is 24.8 Å². The Morgan fingerprint density at radius 3 is 2.50 bits per heavy atom. The second kappa shape index (κ2) is 8.29. The molecule has 3 N–H and O–H groups in total. The smallest absolute Gasteiger partial charge is 0.253 e. The molecule has 1 amide bonds. The Morgan fingerprint density at radius 1 is 1.28 bits per heavy atom. The van der Waals surface area contributed by atoms with Crippen LogP contribution in [0.4, 0.5) is 0 Å². The van der Waals surface area contributed by atoms with Crippen LogP contribution in [0.1, 0.15) is 36.0 Å². The van der Waals surface area contributed by atoms with E-state index < -0.39 is 0 Å². The molecule has 18 heavy (non-hydrogen) atoms. The third kappa shape index (κ3) is 4.80. The first-order chi connectivity index (χ1) is 7.75. The van der Waals surface area contributed by atoms with Crippen LogP contribution in [0.2, 0.25) is 0 Å². The van der Waals surface area contributed by atoms with Gasteiger partial charge in [0.1, 0.15) is 0 Å². The highest BCUT2D eigenvalue weighted by molar-refractivity contribution is 5.94. The van der Waals surface area contributed by atoms with E-state index in [0.717, 1.165) is 25.7 Å². The van der Waals surface area contributed by atoms with Crippen LogP contribution in [0.25, 0.3) is 0 Å². The highest BCUT2D eigenvalue weighted by atomic mass is 35.5. The molecule has 1 saturated carbocycles. The molecule has 0 bridgehead atoms.